The average Bonchev–Trinajstić information content (AvgIpc) is 3.17. The zero-order chi connectivity index (χ0) is 22.6. The fourth-order valence-corrected chi connectivity index (χ4v) is 9.27. The molecule has 0 aromatic rings. The van der Waals surface area contributed by atoms with Gasteiger partial charge in [0.25, 0.3) is 0 Å². The van der Waals surface area contributed by atoms with Gasteiger partial charge in [-0.05, 0) is 98.7 Å². The normalized spacial score (nSPS) is 42.5. The van der Waals surface area contributed by atoms with E-state index in [9.17, 15) is 0 Å². The second kappa shape index (κ2) is 11.0. The minimum atomic E-state index is 0.416. The molecule has 4 rings (SSSR count). The van der Waals surface area contributed by atoms with Gasteiger partial charge in [-0.15, -0.1) is 0 Å². The lowest BCUT2D eigenvalue weighted by molar-refractivity contribution is -0.0805. The van der Waals surface area contributed by atoms with Crippen molar-refractivity contribution in [1.29, 1.82) is 0 Å². The van der Waals surface area contributed by atoms with Crippen LogP contribution in [0, 0.1) is 34.5 Å². The van der Waals surface area contributed by atoms with Crippen molar-refractivity contribution in [2.75, 3.05) is 0 Å². The van der Waals surface area contributed by atoms with Crippen LogP contribution in [0.4, 0.5) is 0 Å². The summed E-state index contributed by atoms with van der Waals surface area (Å²) in [5.74, 6) is 3.82. The summed E-state index contributed by atoms with van der Waals surface area (Å²) in [7, 11) is 0. The number of rotatable bonds is 10. The molecule has 32 heavy (non-hydrogen) atoms. The Kier molecular flexibility index (Phi) is 8.50. The number of unbranched alkanes of at least 4 members (excludes halogenated alkanes) is 9. The van der Waals surface area contributed by atoms with Crippen LogP contribution in [0.15, 0.2) is 11.6 Å². The Balaban J connectivity index is 1.34. The molecule has 1 heteroatoms. The van der Waals surface area contributed by atoms with Crippen LogP contribution in [0.5, 0.6) is 0 Å². The molecule has 0 heterocycles. The van der Waals surface area contributed by atoms with Gasteiger partial charge in [-0.25, -0.2) is 0 Å². The molecule has 2 N–H and O–H groups in total. The third-order valence-electron chi connectivity index (χ3n) is 11.1. The number of hydrogen-bond donors (Lipinski definition) is 1. The second-order valence-electron chi connectivity index (χ2n) is 13.1. The van der Waals surface area contributed by atoms with Gasteiger partial charge in [-0.3, -0.25) is 0 Å². The van der Waals surface area contributed by atoms with E-state index >= 15 is 0 Å². The standard InChI is InChI=1S/C31H55N/c1-4-5-6-7-8-9-10-11-12-13-15-24-22-26(32)23-25-17-18-27-28-16-14-20-30(28,2)21-19-29(27)31(24,25)3/h15,25-29H,4-14,16-23,32H2,1-3H3/b24-15-/t25?,26-,27+,28+,29+,30+,31+/m1/s1. The summed E-state index contributed by atoms with van der Waals surface area (Å²) in [6.07, 6.45) is 29.8. The van der Waals surface area contributed by atoms with E-state index in [4.69, 9.17) is 5.73 Å². The Hall–Kier alpha value is -0.300. The predicted octanol–water partition coefficient (Wildman–Crippen LogP) is 9.20. The second-order valence-corrected chi connectivity index (χ2v) is 13.1. The van der Waals surface area contributed by atoms with Crippen LogP contribution in [-0.2, 0) is 0 Å². The highest BCUT2D eigenvalue weighted by Crippen LogP contribution is 2.67. The lowest BCUT2D eigenvalue weighted by Gasteiger charge is -2.61. The first kappa shape index (κ1) is 24.8. The first-order chi connectivity index (χ1) is 15.5. The number of hydrogen-bond acceptors (Lipinski definition) is 1. The smallest absolute Gasteiger partial charge is 0.00792 e. The number of allylic oxidation sites excluding steroid dienone is 1. The molecule has 7 atom stereocenters. The van der Waals surface area contributed by atoms with Gasteiger partial charge in [0.05, 0.1) is 0 Å². The fraction of sp³-hybridized carbons (Fsp3) is 0.935. The summed E-state index contributed by atoms with van der Waals surface area (Å²) in [6.45, 7) is 7.66. The highest BCUT2D eigenvalue weighted by molar-refractivity contribution is 5.25. The van der Waals surface area contributed by atoms with E-state index in [0.29, 0.717) is 16.9 Å². The van der Waals surface area contributed by atoms with Crippen LogP contribution in [0.2, 0.25) is 0 Å². The van der Waals surface area contributed by atoms with Crippen molar-refractivity contribution in [3.63, 3.8) is 0 Å². The van der Waals surface area contributed by atoms with Crippen molar-refractivity contribution in [2.24, 2.45) is 40.2 Å². The molecule has 4 aliphatic rings. The molecule has 0 aromatic heterocycles. The summed E-state index contributed by atoms with van der Waals surface area (Å²) >= 11 is 0. The van der Waals surface area contributed by atoms with E-state index in [1.54, 1.807) is 5.57 Å². The van der Waals surface area contributed by atoms with Gasteiger partial charge in [-0.1, -0.05) is 90.2 Å². The minimum absolute atomic E-state index is 0.416. The Labute approximate surface area is 200 Å². The molecule has 0 saturated heterocycles. The molecular formula is C31H55N. The SMILES string of the molecule is CCCCCCCCCCC/C=C1/C[C@@H](N)CC2CC[C@H]3[C@@H]4CCC[C@@]4(C)CC[C@@H]3[C@@]12C. The summed E-state index contributed by atoms with van der Waals surface area (Å²) < 4.78 is 0. The van der Waals surface area contributed by atoms with Gasteiger partial charge in [0.15, 0.2) is 0 Å². The molecule has 1 unspecified atom stereocenters. The number of fused-ring (bicyclic) bond motifs is 5. The largest absolute Gasteiger partial charge is 0.327 e. The summed E-state index contributed by atoms with van der Waals surface area (Å²) in [5, 5.41) is 0. The Morgan fingerprint density at radius 3 is 2.31 bits per heavy atom. The quantitative estimate of drug-likeness (QED) is 0.265. The fourth-order valence-electron chi connectivity index (χ4n) is 9.27. The Morgan fingerprint density at radius 2 is 1.56 bits per heavy atom. The van der Waals surface area contributed by atoms with E-state index in [-0.39, 0.29) is 0 Å². The van der Waals surface area contributed by atoms with Crippen LogP contribution in [0.3, 0.4) is 0 Å². The van der Waals surface area contributed by atoms with Gasteiger partial charge in [-0.2, -0.15) is 0 Å². The molecule has 0 amide bonds. The first-order valence-corrected chi connectivity index (χ1v) is 14.9. The lowest BCUT2D eigenvalue weighted by Crippen LogP contribution is -2.55. The summed E-state index contributed by atoms with van der Waals surface area (Å²) in [6, 6.07) is 0.416. The zero-order valence-corrected chi connectivity index (χ0v) is 22.0. The maximum absolute atomic E-state index is 6.64. The van der Waals surface area contributed by atoms with Crippen LogP contribution >= 0.6 is 0 Å². The lowest BCUT2D eigenvalue weighted by atomic mass is 9.44. The van der Waals surface area contributed by atoms with Crippen LogP contribution < -0.4 is 5.73 Å². The molecule has 0 aromatic carbocycles. The highest BCUT2D eigenvalue weighted by Gasteiger charge is 2.58. The van der Waals surface area contributed by atoms with E-state index in [1.165, 1.54) is 122 Å². The molecule has 184 valence electrons. The van der Waals surface area contributed by atoms with E-state index < -0.39 is 0 Å². The predicted molar refractivity (Wildman–Crippen MR) is 140 cm³/mol. The van der Waals surface area contributed by atoms with Crippen molar-refractivity contribution in [3.05, 3.63) is 11.6 Å². The summed E-state index contributed by atoms with van der Waals surface area (Å²) in [5.41, 5.74) is 9.58. The first-order valence-electron chi connectivity index (χ1n) is 14.9. The van der Waals surface area contributed by atoms with Crippen molar-refractivity contribution in [1.82, 2.24) is 0 Å². The third-order valence-corrected chi connectivity index (χ3v) is 11.1. The van der Waals surface area contributed by atoms with Gasteiger partial charge >= 0.3 is 0 Å². The minimum Gasteiger partial charge on any atom is -0.327 e. The maximum Gasteiger partial charge on any atom is 0.00792 e. The van der Waals surface area contributed by atoms with E-state index in [0.717, 1.165) is 23.7 Å². The van der Waals surface area contributed by atoms with Gasteiger partial charge in [0, 0.05) is 6.04 Å². The van der Waals surface area contributed by atoms with Crippen molar-refractivity contribution in [2.45, 2.75) is 149 Å². The van der Waals surface area contributed by atoms with Crippen LogP contribution in [-0.4, -0.2) is 6.04 Å². The molecular weight excluding hydrogens is 386 g/mol. The van der Waals surface area contributed by atoms with Gasteiger partial charge in [0.1, 0.15) is 0 Å². The number of nitrogens with two attached hydrogens (primary N) is 1. The Morgan fingerprint density at radius 1 is 0.844 bits per heavy atom. The maximum atomic E-state index is 6.64. The third kappa shape index (κ3) is 5.04. The molecule has 1 nitrogen and oxygen atoms in total. The van der Waals surface area contributed by atoms with Crippen molar-refractivity contribution >= 4 is 0 Å². The van der Waals surface area contributed by atoms with E-state index in [2.05, 4.69) is 26.8 Å². The summed E-state index contributed by atoms with van der Waals surface area (Å²) in [4.78, 5) is 0. The monoisotopic (exact) mass is 441 g/mol. The van der Waals surface area contributed by atoms with E-state index in [1.807, 2.05) is 0 Å². The molecule has 4 aliphatic carbocycles. The average molecular weight is 442 g/mol. The Bertz CT molecular complexity index is 622. The van der Waals surface area contributed by atoms with Crippen LogP contribution in [0.25, 0.3) is 0 Å². The highest BCUT2D eigenvalue weighted by atomic mass is 14.7. The molecule has 0 radical (unpaired) electrons. The molecule has 0 spiro atoms. The van der Waals surface area contributed by atoms with Gasteiger partial charge < -0.3 is 5.73 Å². The topological polar surface area (TPSA) is 26.0 Å². The van der Waals surface area contributed by atoms with Crippen molar-refractivity contribution < 1.29 is 0 Å². The zero-order valence-electron chi connectivity index (χ0n) is 22.0. The molecule has 0 aliphatic heterocycles. The van der Waals surface area contributed by atoms with Crippen molar-refractivity contribution in [3.8, 4) is 0 Å². The van der Waals surface area contributed by atoms with Crippen LogP contribution in [0.1, 0.15) is 143 Å². The van der Waals surface area contributed by atoms with Gasteiger partial charge in [0.2, 0.25) is 0 Å². The molecule has 4 fully saturated rings. The molecule has 0 bridgehead atoms. The molecule has 4 saturated carbocycles.